The summed E-state index contributed by atoms with van der Waals surface area (Å²) in [6, 6.07) is 0. The number of nitrogens with one attached hydrogen (secondary N) is 1. The van der Waals surface area contributed by atoms with Crippen molar-refractivity contribution < 1.29 is 0 Å². The maximum Gasteiger partial charge on any atom is 0.0277 e. The van der Waals surface area contributed by atoms with Crippen LogP contribution < -0.4 is 5.32 Å². The fourth-order valence-corrected chi connectivity index (χ4v) is 0.431. The van der Waals surface area contributed by atoms with Gasteiger partial charge in [-0.05, 0) is 18.7 Å². The van der Waals surface area contributed by atoms with Gasteiger partial charge in [0.2, 0.25) is 0 Å². The minimum Gasteiger partial charge on any atom is -0.368 e. The molecule has 2 heteroatoms. The summed E-state index contributed by atoms with van der Waals surface area (Å²) in [6.45, 7) is 5.45. The van der Waals surface area contributed by atoms with Crippen LogP contribution in [-0.2, 0) is 0 Å². The SMILES string of the molecule is C=CNC=C(C)C=NC. The van der Waals surface area contributed by atoms with Crippen LogP contribution in [0.1, 0.15) is 6.92 Å². The molecule has 0 aromatic carbocycles. The van der Waals surface area contributed by atoms with Gasteiger partial charge in [-0.2, -0.15) is 0 Å². The summed E-state index contributed by atoms with van der Waals surface area (Å²) in [6.07, 6.45) is 5.23. The molecule has 0 bridgehead atoms. The molecule has 0 amide bonds. The van der Waals surface area contributed by atoms with Crippen LogP contribution in [0.15, 0.2) is 29.5 Å². The van der Waals surface area contributed by atoms with E-state index in [1.54, 1.807) is 19.5 Å². The highest BCUT2D eigenvalue weighted by molar-refractivity contribution is 5.77. The molecule has 0 unspecified atom stereocenters. The summed E-state index contributed by atoms with van der Waals surface area (Å²) in [4.78, 5) is 3.82. The molecule has 0 aliphatic carbocycles. The highest BCUT2D eigenvalue weighted by atomic mass is 14.8. The van der Waals surface area contributed by atoms with Crippen molar-refractivity contribution in [2.45, 2.75) is 6.92 Å². The van der Waals surface area contributed by atoms with E-state index in [-0.39, 0.29) is 0 Å². The summed E-state index contributed by atoms with van der Waals surface area (Å²) in [5, 5.41) is 2.84. The van der Waals surface area contributed by atoms with Gasteiger partial charge in [-0.25, -0.2) is 0 Å². The van der Waals surface area contributed by atoms with Crippen molar-refractivity contribution in [2.24, 2.45) is 4.99 Å². The molecule has 0 saturated heterocycles. The van der Waals surface area contributed by atoms with E-state index in [2.05, 4.69) is 16.9 Å². The van der Waals surface area contributed by atoms with Crippen molar-refractivity contribution >= 4 is 6.21 Å². The molecule has 2 nitrogen and oxygen atoms in total. The van der Waals surface area contributed by atoms with Crippen molar-refractivity contribution in [3.63, 3.8) is 0 Å². The average molecular weight is 124 g/mol. The van der Waals surface area contributed by atoms with Crippen LogP contribution in [0, 0.1) is 0 Å². The second kappa shape index (κ2) is 5.09. The zero-order chi connectivity index (χ0) is 7.11. The molecule has 0 aromatic heterocycles. The van der Waals surface area contributed by atoms with E-state index in [0.717, 1.165) is 5.57 Å². The molecule has 0 spiro atoms. The highest BCUT2D eigenvalue weighted by Gasteiger charge is 1.75. The second-order valence-corrected chi connectivity index (χ2v) is 1.65. The lowest BCUT2D eigenvalue weighted by molar-refractivity contribution is 1.18. The molecule has 0 aliphatic heterocycles. The van der Waals surface area contributed by atoms with Gasteiger partial charge < -0.3 is 5.32 Å². The lowest BCUT2D eigenvalue weighted by Crippen LogP contribution is -1.92. The van der Waals surface area contributed by atoms with E-state index >= 15 is 0 Å². The summed E-state index contributed by atoms with van der Waals surface area (Å²) in [7, 11) is 1.74. The molecular weight excluding hydrogens is 112 g/mol. The van der Waals surface area contributed by atoms with Crippen molar-refractivity contribution in [2.75, 3.05) is 7.05 Å². The molecule has 0 aliphatic rings. The predicted molar refractivity (Wildman–Crippen MR) is 41.5 cm³/mol. The molecular formula is C7H12N2. The molecule has 0 rings (SSSR count). The topological polar surface area (TPSA) is 24.4 Å². The third kappa shape index (κ3) is 4.81. The lowest BCUT2D eigenvalue weighted by Gasteiger charge is -1.89. The van der Waals surface area contributed by atoms with Crippen molar-refractivity contribution in [1.82, 2.24) is 5.32 Å². The number of nitrogens with zero attached hydrogens (tertiary/aromatic N) is 1. The Morgan fingerprint density at radius 3 is 2.78 bits per heavy atom. The van der Waals surface area contributed by atoms with Crippen LogP contribution in [0.5, 0.6) is 0 Å². The number of aliphatic imine (C=N–C) groups is 1. The highest BCUT2D eigenvalue weighted by Crippen LogP contribution is 1.82. The van der Waals surface area contributed by atoms with Gasteiger partial charge in [0.05, 0.1) is 0 Å². The number of hydrogen-bond acceptors (Lipinski definition) is 2. The Hall–Kier alpha value is -1.05. The van der Waals surface area contributed by atoms with Gasteiger partial charge in [0.25, 0.3) is 0 Å². The van der Waals surface area contributed by atoms with Gasteiger partial charge in [-0.15, -0.1) is 0 Å². The van der Waals surface area contributed by atoms with E-state index in [1.807, 2.05) is 13.1 Å². The van der Waals surface area contributed by atoms with E-state index < -0.39 is 0 Å². The summed E-state index contributed by atoms with van der Waals surface area (Å²) in [5.74, 6) is 0. The van der Waals surface area contributed by atoms with Gasteiger partial charge in [-0.1, -0.05) is 6.58 Å². The van der Waals surface area contributed by atoms with Crippen LogP contribution in [-0.4, -0.2) is 13.3 Å². The van der Waals surface area contributed by atoms with Crippen LogP contribution in [0.3, 0.4) is 0 Å². The maximum atomic E-state index is 3.82. The van der Waals surface area contributed by atoms with Gasteiger partial charge in [-0.3, -0.25) is 4.99 Å². The molecule has 0 saturated carbocycles. The zero-order valence-corrected chi connectivity index (χ0v) is 5.89. The molecule has 0 radical (unpaired) electrons. The second-order valence-electron chi connectivity index (χ2n) is 1.65. The van der Waals surface area contributed by atoms with Gasteiger partial charge in [0.1, 0.15) is 0 Å². The van der Waals surface area contributed by atoms with Crippen LogP contribution >= 0.6 is 0 Å². The van der Waals surface area contributed by atoms with E-state index in [1.165, 1.54) is 0 Å². The molecule has 50 valence electrons. The zero-order valence-electron chi connectivity index (χ0n) is 5.89. The molecule has 0 heterocycles. The Bertz CT molecular complexity index is 134. The minimum absolute atomic E-state index is 1.08. The van der Waals surface area contributed by atoms with E-state index in [0.29, 0.717) is 0 Å². The molecule has 0 fully saturated rings. The predicted octanol–water partition coefficient (Wildman–Crippen LogP) is 1.32. The molecule has 0 atom stereocenters. The first-order valence-corrected chi connectivity index (χ1v) is 2.77. The Kier molecular flexibility index (Phi) is 4.50. The summed E-state index contributed by atoms with van der Waals surface area (Å²) >= 11 is 0. The minimum atomic E-state index is 1.08. The number of hydrogen-bond donors (Lipinski definition) is 1. The smallest absolute Gasteiger partial charge is 0.0277 e. The van der Waals surface area contributed by atoms with Gasteiger partial charge in [0.15, 0.2) is 0 Å². The molecule has 9 heavy (non-hydrogen) atoms. The first kappa shape index (κ1) is 7.95. The van der Waals surface area contributed by atoms with Crippen LogP contribution in [0.2, 0.25) is 0 Å². The number of rotatable bonds is 3. The van der Waals surface area contributed by atoms with E-state index in [9.17, 15) is 0 Å². The Labute approximate surface area is 56.0 Å². The monoisotopic (exact) mass is 124 g/mol. The maximum absolute atomic E-state index is 3.82. The first-order chi connectivity index (χ1) is 4.31. The Morgan fingerprint density at radius 1 is 1.67 bits per heavy atom. The Morgan fingerprint density at radius 2 is 2.33 bits per heavy atom. The molecule has 0 aromatic rings. The molecule has 1 N–H and O–H groups in total. The normalized spacial score (nSPS) is 12.0. The number of allylic oxidation sites excluding steroid dienone is 1. The van der Waals surface area contributed by atoms with Gasteiger partial charge >= 0.3 is 0 Å². The standard InChI is InChI=1S/C7H12N2/c1-4-9-6-7(2)5-8-3/h4-6,9H,1H2,2-3H3. The van der Waals surface area contributed by atoms with Crippen LogP contribution in [0.25, 0.3) is 0 Å². The van der Waals surface area contributed by atoms with Crippen LogP contribution in [0.4, 0.5) is 0 Å². The average Bonchev–Trinajstić information content (AvgIpc) is 1.85. The largest absolute Gasteiger partial charge is 0.368 e. The third-order valence-electron chi connectivity index (χ3n) is 0.762. The van der Waals surface area contributed by atoms with Gasteiger partial charge in [0, 0.05) is 19.5 Å². The third-order valence-corrected chi connectivity index (χ3v) is 0.762. The van der Waals surface area contributed by atoms with Crippen molar-refractivity contribution in [3.8, 4) is 0 Å². The lowest BCUT2D eigenvalue weighted by atomic mass is 10.4. The first-order valence-electron chi connectivity index (χ1n) is 2.77. The van der Waals surface area contributed by atoms with Crippen molar-refractivity contribution in [1.29, 1.82) is 0 Å². The Balaban J connectivity index is 3.68. The fraction of sp³-hybridized carbons (Fsp3) is 0.286. The fourth-order valence-electron chi connectivity index (χ4n) is 0.431. The summed E-state index contributed by atoms with van der Waals surface area (Å²) < 4.78 is 0. The van der Waals surface area contributed by atoms with E-state index in [4.69, 9.17) is 0 Å². The quantitative estimate of drug-likeness (QED) is 0.564. The van der Waals surface area contributed by atoms with Crippen molar-refractivity contribution in [3.05, 3.63) is 24.6 Å². The summed E-state index contributed by atoms with van der Waals surface area (Å²) in [5.41, 5.74) is 1.08.